The van der Waals surface area contributed by atoms with Crippen molar-refractivity contribution in [3.05, 3.63) is 112 Å². The highest BCUT2D eigenvalue weighted by Crippen LogP contribution is 2.38. The minimum Gasteiger partial charge on any atom is -0.507 e. The number of hydrogen-bond donors (Lipinski definition) is 2. The summed E-state index contributed by atoms with van der Waals surface area (Å²) in [6.45, 7) is 1.84. The molecule has 32 heavy (non-hydrogen) atoms. The summed E-state index contributed by atoms with van der Waals surface area (Å²) in [7, 11) is -4.07. The molecule has 0 aliphatic rings. The molecule has 4 aromatic rings. The number of fused-ring (bicyclic) bond motifs is 1. The number of nitrogens with zero attached hydrogens (tertiary/aromatic N) is 1. The summed E-state index contributed by atoms with van der Waals surface area (Å²) in [4.78, 5) is 11.1. The highest BCUT2D eigenvalue weighted by atomic mass is 32.2. The third-order valence-corrected chi connectivity index (χ3v) is 6.73. The van der Waals surface area contributed by atoms with Crippen LogP contribution in [-0.2, 0) is 10.0 Å². The minimum absolute atomic E-state index is 0.0203. The summed E-state index contributed by atoms with van der Waals surface area (Å²) >= 11 is 0. The van der Waals surface area contributed by atoms with Gasteiger partial charge >= 0.3 is 0 Å². The Morgan fingerprint density at radius 3 is 2.25 bits per heavy atom. The molecular weight excluding hydrogens is 428 g/mol. The van der Waals surface area contributed by atoms with E-state index in [1.54, 1.807) is 42.5 Å². The first-order valence-electron chi connectivity index (χ1n) is 9.81. The van der Waals surface area contributed by atoms with Gasteiger partial charge in [-0.1, -0.05) is 72.3 Å². The summed E-state index contributed by atoms with van der Waals surface area (Å²) in [6.07, 6.45) is 0. The lowest BCUT2D eigenvalue weighted by atomic mass is 9.94. The number of rotatable bonds is 6. The van der Waals surface area contributed by atoms with Gasteiger partial charge in [-0.3, -0.25) is 10.1 Å². The number of benzene rings is 4. The third kappa shape index (κ3) is 4.05. The van der Waals surface area contributed by atoms with Crippen LogP contribution in [0, 0.1) is 17.0 Å². The largest absolute Gasteiger partial charge is 0.507 e. The van der Waals surface area contributed by atoms with Gasteiger partial charge in [0, 0.05) is 17.0 Å². The van der Waals surface area contributed by atoms with E-state index in [2.05, 4.69) is 4.72 Å². The maximum atomic E-state index is 13.2. The van der Waals surface area contributed by atoms with Crippen LogP contribution in [0.1, 0.15) is 22.7 Å². The number of para-hydroxylation sites is 1. The van der Waals surface area contributed by atoms with E-state index in [0.717, 1.165) is 10.9 Å². The molecule has 0 heterocycles. The first kappa shape index (κ1) is 21.5. The van der Waals surface area contributed by atoms with E-state index in [-0.39, 0.29) is 27.5 Å². The molecule has 162 valence electrons. The van der Waals surface area contributed by atoms with Crippen molar-refractivity contribution in [2.24, 2.45) is 0 Å². The van der Waals surface area contributed by atoms with E-state index in [9.17, 15) is 23.6 Å². The van der Waals surface area contributed by atoms with Crippen LogP contribution in [0.3, 0.4) is 0 Å². The number of nitrogens with one attached hydrogen (secondary N) is 1. The molecule has 0 amide bonds. The molecule has 2 N–H and O–H groups in total. The number of aromatic hydroxyl groups is 1. The van der Waals surface area contributed by atoms with Crippen LogP contribution >= 0.6 is 0 Å². The maximum Gasteiger partial charge on any atom is 0.274 e. The first-order valence-corrected chi connectivity index (χ1v) is 11.3. The number of hydrogen-bond acceptors (Lipinski definition) is 5. The first-order chi connectivity index (χ1) is 15.3. The molecule has 4 rings (SSSR count). The van der Waals surface area contributed by atoms with Gasteiger partial charge in [-0.15, -0.1) is 0 Å². The standard InChI is InChI=1S/C24H20N2O5S/c1-16-10-13-18(14-11-16)32(30,31)25-23(20-8-4-5-9-22(20)26(28)29)21-15-12-17-6-2-3-7-19(17)24(21)27/h2-15,23,25,27H,1H3/t23-/m0/s1. The third-order valence-electron chi connectivity index (χ3n) is 5.29. The lowest BCUT2D eigenvalue weighted by Crippen LogP contribution is -2.30. The molecule has 0 aliphatic heterocycles. The maximum absolute atomic E-state index is 13.2. The number of sulfonamides is 1. The Bertz CT molecular complexity index is 1420. The van der Waals surface area contributed by atoms with Crippen molar-refractivity contribution in [2.75, 3.05) is 0 Å². The minimum atomic E-state index is -4.07. The average Bonchev–Trinajstić information content (AvgIpc) is 2.78. The predicted molar refractivity (Wildman–Crippen MR) is 122 cm³/mol. The van der Waals surface area contributed by atoms with Gasteiger partial charge < -0.3 is 5.11 Å². The molecule has 0 aromatic heterocycles. The van der Waals surface area contributed by atoms with Crippen molar-refractivity contribution >= 4 is 26.5 Å². The zero-order chi connectivity index (χ0) is 22.9. The molecule has 0 bridgehead atoms. The topological polar surface area (TPSA) is 110 Å². The normalized spacial score (nSPS) is 12.5. The molecule has 8 heteroatoms. The zero-order valence-corrected chi connectivity index (χ0v) is 17.9. The molecule has 0 saturated heterocycles. The molecule has 0 radical (unpaired) electrons. The second-order valence-corrected chi connectivity index (χ2v) is 9.12. The number of aryl methyl sites for hydroxylation is 1. The molecule has 1 atom stereocenters. The Balaban J connectivity index is 1.92. The lowest BCUT2D eigenvalue weighted by molar-refractivity contribution is -0.385. The monoisotopic (exact) mass is 448 g/mol. The lowest BCUT2D eigenvalue weighted by Gasteiger charge is -2.21. The van der Waals surface area contributed by atoms with Gasteiger partial charge in [-0.25, -0.2) is 8.42 Å². The number of nitro benzene ring substituents is 1. The summed E-state index contributed by atoms with van der Waals surface area (Å²) in [5.74, 6) is -0.141. The van der Waals surface area contributed by atoms with Gasteiger partial charge in [0.05, 0.1) is 21.4 Å². The van der Waals surface area contributed by atoms with Gasteiger partial charge in [-0.2, -0.15) is 4.72 Å². The van der Waals surface area contributed by atoms with Crippen LogP contribution < -0.4 is 4.72 Å². The molecule has 4 aromatic carbocycles. The molecule has 7 nitrogen and oxygen atoms in total. The molecule has 0 spiro atoms. The highest BCUT2D eigenvalue weighted by molar-refractivity contribution is 7.89. The SMILES string of the molecule is Cc1ccc(S(=O)(=O)N[C@@H](c2ccccc2[N+](=O)[O-])c2ccc3ccccc3c2O)cc1. The van der Waals surface area contributed by atoms with Crippen molar-refractivity contribution in [1.82, 2.24) is 4.72 Å². The molecule has 0 fully saturated rings. The molecule has 0 unspecified atom stereocenters. The van der Waals surface area contributed by atoms with Crippen LogP contribution in [0.15, 0.2) is 89.8 Å². The fourth-order valence-electron chi connectivity index (χ4n) is 3.64. The highest BCUT2D eigenvalue weighted by Gasteiger charge is 2.30. The Labute approximate surface area is 185 Å². The summed E-state index contributed by atoms with van der Waals surface area (Å²) in [5.41, 5.74) is 0.982. The fraction of sp³-hybridized carbons (Fsp3) is 0.0833. The van der Waals surface area contributed by atoms with Crippen LogP contribution in [0.4, 0.5) is 5.69 Å². The van der Waals surface area contributed by atoms with E-state index < -0.39 is 21.0 Å². The van der Waals surface area contributed by atoms with Gasteiger partial charge in [-0.05, 0) is 24.4 Å². The van der Waals surface area contributed by atoms with Crippen LogP contribution in [-0.4, -0.2) is 18.4 Å². The van der Waals surface area contributed by atoms with Crippen LogP contribution in [0.5, 0.6) is 5.75 Å². The summed E-state index contributed by atoms with van der Waals surface area (Å²) in [5, 5.41) is 24.0. The zero-order valence-electron chi connectivity index (χ0n) is 17.1. The van der Waals surface area contributed by atoms with Crippen molar-refractivity contribution in [3.8, 4) is 5.75 Å². The van der Waals surface area contributed by atoms with Crippen molar-refractivity contribution < 1.29 is 18.4 Å². The number of nitro groups is 1. The molecular formula is C24H20N2O5S. The van der Waals surface area contributed by atoms with E-state index in [0.29, 0.717) is 5.39 Å². The van der Waals surface area contributed by atoms with Gasteiger partial charge in [0.25, 0.3) is 5.69 Å². The second-order valence-electron chi connectivity index (χ2n) is 7.41. The van der Waals surface area contributed by atoms with Crippen molar-refractivity contribution in [3.63, 3.8) is 0 Å². The molecule has 0 saturated carbocycles. The van der Waals surface area contributed by atoms with Crippen LogP contribution in [0.2, 0.25) is 0 Å². The predicted octanol–water partition coefficient (Wildman–Crippen LogP) is 4.83. The Kier molecular flexibility index (Phi) is 5.65. The summed E-state index contributed by atoms with van der Waals surface area (Å²) < 4.78 is 29.0. The summed E-state index contributed by atoms with van der Waals surface area (Å²) in [6, 6.07) is 21.4. The van der Waals surface area contributed by atoms with E-state index in [1.807, 2.05) is 19.1 Å². The Hall–Kier alpha value is -3.75. The number of phenolic OH excluding ortho intramolecular Hbond substituents is 1. The van der Waals surface area contributed by atoms with E-state index in [1.165, 1.54) is 30.3 Å². The smallest absolute Gasteiger partial charge is 0.274 e. The van der Waals surface area contributed by atoms with E-state index >= 15 is 0 Å². The van der Waals surface area contributed by atoms with Crippen molar-refractivity contribution in [1.29, 1.82) is 0 Å². The average molecular weight is 449 g/mol. The molecule has 0 aliphatic carbocycles. The van der Waals surface area contributed by atoms with Gasteiger partial charge in [0.15, 0.2) is 0 Å². The Morgan fingerprint density at radius 2 is 1.53 bits per heavy atom. The van der Waals surface area contributed by atoms with Crippen molar-refractivity contribution in [2.45, 2.75) is 17.9 Å². The Morgan fingerprint density at radius 1 is 0.875 bits per heavy atom. The second kappa shape index (κ2) is 8.41. The quantitative estimate of drug-likeness (QED) is 0.324. The van der Waals surface area contributed by atoms with Crippen LogP contribution in [0.25, 0.3) is 10.8 Å². The fourth-order valence-corrected chi connectivity index (χ4v) is 4.83. The van der Waals surface area contributed by atoms with Gasteiger partial charge in [0.1, 0.15) is 5.75 Å². The van der Waals surface area contributed by atoms with E-state index in [4.69, 9.17) is 0 Å². The van der Waals surface area contributed by atoms with Gasteiger partial charge in [0.2, 0.25) is 10.0 Å². The number of phenols is 1.